The van der Waals surface area contributed by atoms with Crippen LogP contribution in [0.2, 0.25) is 0 Å². The standard InChI is InChI=1S/C11H13BrN2O3S2/c1-14(6-8-4-10(12)18-7-8)19(15,16)11-3-2-9(5-13)17-11/h2-4,7H,5-6,13H2,1H3. The molecule has 2 aromatic heterocycles. The van der Waals surface area contributed by atoms with Gasteiger partial charge in [-0.15, -0.1) is 11.3 Å². The van der Waals surface area contributed by atoms with E-state index in [2.05, 4.69) is 15.9 Å². The summed E-state index contributed by atoms with van der Waals surface area (Å²) < 4.78 is 31.9. The van der Waals surface area contributed by atoms with E-state index in [1.54, 1.807) is 6.07 Å². The molecular weight excluding hydrogens is 352 g/mol. The molecule has 2 heterocycles. The summed E-state index contributed by atoms with van der Waals surface area (Å²) >= 11 is 4.86. The van der Waals surface area contributed by atoms with Crippen molar-refractivity contribution in [3.05, 3.63) is 38.7 Å². The van der Waals surface area contributed by atoms with Gasteiger partial charge in [0.1, 0.15) is 5.76 Å². The molecule has 2 rings (SSSR count). The van der Waals surface area contributed by atoms with E-state index < -0.39 is 10.0 Å². The predicted molar refractivity (Wildman–Crippen MR) is 77.3 cm³/mol. The first-order valence-electron chi connectivity index (χ1n) is 5.41. The monoisotopic (exact) mass is 364 g/mol. The highest BCUT2D eigenvalue weighted by Crippen LogP contribution is 2.24. The van der Waals surface area contributed by atoms with Crippen LogP contribution in [0.1, 0.15) is 11.3 Å². The highest BCUT2D eigenvalue weighted by molar-refractivity contribution is 9.11. The minimum atomic E-state index is -3.62. The van der Waals surface area contributed by atoms with Crippen molar-refractivity contribution >= 4 is 37.3 Å². The molecule has 0 atom stereocenters. The molecule has 104 valence electrons. The van der Waals surface area contributed by atoms with E-state index in [0.717, 1.165) is 9.35 Å². The molecule has 0 bridgehead atoms. The lowest BCUT2D eigenvalue weighted by molar-refractivity contribution is 0.387. The van der Waals surface area contributed by atoms with Gasteiger partial charge in [0.15, 0.2) is 0 Å². The molecule has 0 radical (unpaired) electrons. The topological polar surface area (TPSA) is 76.5 Å². The van der Waals surface area contributed by atoms with Crippen LogP contribution in [0.25, 0.3) is 0 Å². The lowest BCUT2D eigenvalue weighted by atomic mass is 10.3. The normalized spacial score (nSPS) is 12.2. The minimum Gasteiger partial charge on any atom is -0.447 e. The molecule has 5 nitrogen and oxygen atoms in total. The van der Waals surface area contributed by atoms with Crippen molar-refractivity contribution in [1.29, 1.82) is 0 Å². The molecular formula is C11H13BrN2O3S2. The van der Waals surface area contributed by atoms with E-state index >= 15 is 0 Å². The van der Waals surface area contributed by atoms with Gasteiger partial charge in [-0.25, -0.2) is 8.42 Å². The quantitative estimate of drug-likeness (QED) is 0.883. The van der Waals surface area contributed by atoms with Crippen molar-refractivity contribution in [3.63, 3.8) is 0 Å². The largest absolute Gasteiger partial charge is 0.447 e. The van der Waals surface area contributed by atoms with Crippen LogP contribution in [0.5, 0.6) is 0 Å². The molecule has 2 N–H and O–H groups in total. The van der Waals surface area contributed by atoms with Gasteiger partial charge in [0, 0.05) is 13.6 Å². The Morgan fingerprint density at radius 2 is 2.21 bits per heavy atom. The SMILES string of the molecule is CN(Cc1csc(Br)c1)S(=O)(=O)c1ccc(CN)o1. The third-order valence-electron chi connectivity index (χ3n) is 2.53. The summed E-state index contributed by atoms with van der Waals surface area (Å²) in [6.45, 7) is 0.472. The second-order valence-corrected chi connectivity index (χ2v) is 8.21. The highest BCUT2D eigenvalue weighted by atomic mass is 79.9. The van der Waals surface area contributed by atoms with Crippen molar-refractivity contribution < 1.29 is 12.8 Å². The summed E-state index contributed by atoms with van der Waals surface area (Å²) in [5.74, 6) is 0.449. The third kappa shape index (κ3) is 3.26. The van der Waals surface area contributed by atoms with E-state index in [4.69, 9.17) is 10.2 Å². The average Bonchev–Trinajstić information content (AvgIpc) is 2.98. The number of nitrogens with two attached hydrogens (primary N) is 1. The van der Waals surface area contributed by atoms with E-state index in [9.17, 15) is 8.42 Å². The first kappa shape index (κ1) is 14.7. The summed E-state index contributed by atoms with van der Waals surface area (Å²) in [4.78, 5) is 0. The number of rotatable bonds is 5. The van der Waals surface area contributed by atoms with Crippen LogP contribution in [0.15, 0.2) is 36.9 Å². The number of thiophene rings is 1. The Balaban J connectivity index is 2.19. The van der Waals surface area contributed by atoms with Crippen LogP contribution in [0.3, 0.4) is 0 Å². The van der Waals surface area contributed by atoms with Gasteiger partial charge in [-0.1, -0.05) is 0 Å². The van der Waals surface area contributed by atoms with Gasteiger partial charge in [-0.2, -0.15) is 4.31 Å². The van der Waals surface area contributed by atoms with Crippen molar-refractivity contribution in [1.82, 2.24) is 4.31 Å². The van der Waals surface area contributed by atoms with Crippen LogP contribution in [0, 0.1) is 0 Å². The molecule has 2 aromatic rings. The molecule has 0 aliphatic rings. The number of sulfonamides is 1. The fourth-order valence-electron chi connectivity index (χ4n) is 1.53. The van der Waals surface area contributed by atoms with Crippen molar-refractivity contribution in [2.45, 2.75) is 18.2 Å². The summed E-state index contributed by atoms with van der Waals surface area (Å²) in [5.41, 5.74) is 6.33. The molecule has 8 heteroatoms. The van der Waals surface area contributed by atoms with Crippen molar-refractivity contribution in [2.75, 3.05) is 7.05 Å². The Bertz CT molecular complexity index is 663. The highest BCUT2D eigenvalue weighted by Gasteiger charge is 2.24. The zero-order valence-electron chi connectivity index (χ0n) is 10.2. The molecule has 0 aliphatic carbocycles. The van der Waals surface area contributed by atoms with Gasteiger partial charge in [0.2, 0.25) is 5.09 Å². The second kappa shape index (κ2) is 5.76. The fraction of sp³-hybridized carbons (Fsp3) is 0.273. The van der Waals surface area contributed by atoms with Crippen LogP contribution in [0.4, 0.5) is 0 Å². The first-order valence-corrected chi connectivity index (χ1v) is 8.53. The van der Waals surface area contributed by atoms with E-state index in [1.807, 2.05) is 11.4 Å². The van der Waals surface area contributed by atoms with Gasteiger partial charge in [0.25, 0.3) is 10.0 Å². The summed E-state index contributed by atoms with van der Waals surface area (Å²) in [6.07, 6.45) is 0. The van der Waals surface area contributed by atoms with E-state index in [0.29, 0.717) is 12.3 Å². The number of hydrogen-bond acceptors (Lipinski definition) is 5. The minimum absolute atomic E-state index is 0.0789. The predicted octanol–water partition coefficient (Wildman–Crippen LogP) is 2.38. The van der Waals surface area contributed by atoms with Gasteiger partial charge in [-0.3, -0.25) is 0 Å². The zero-order valence-corrected chi connectivity index (χ0v) is 13.4. The maximum Gasteiger partial charge on any atom is 0.276 e. The first-order chi connectivity index (χ1) is 8.93. The molecule has 0 amide bonds. The van der Waals surface area contributed by atoms with Crippen LogP contribution in [-0.4, -0.2) is 19.8 Å². The van der Waals surface area contributed by atoms with Crippen LogP contribution in [-0.2, 0) is 23.1 Å². The van der Waals surface area contributed by atoms with Gasteiger partial charge in [-0.05, 0) is 45.1 Å². The molecule has 0 aliphatic heterocycles. The Kier molecular flexibility index (Phi) is 4.46. The van der Waals surface area contributed by atoms with Crippen LogP contribution >= 0.6 is 27.3 Å². The van der Waals surface area contributed by atoms with E-state index in [1.165, 1.54) is 28.8 Å². The summed E-state index contributed by atoms with van der Waals surface area (Å²) in [7, 11) is -2.10. The molecule has 0 aromatic carbocycles. The number of halogens is 1. The summed E-state index contributed by atoms with van der Waals surface area (Å²) in [6, 6.07) is 4.89. The number of furan rings is 1. The Morgan fingerprint density at radius 1 is 1.47 bits per heavy atom. The van der Waals surface area contributed by atoms with Gasteiger partial charge in [0.05, 0.1) is 10.3 Å². The molecule has 0 saturated carbocycles. The Labute approximate surface area is 124 Å². The maximum atomic E-state index is 12.3. The van der Waals surface area contributed by atoms with Crippen molar-refractivity contribution in [3.8, 4) is 0 Å². The molecule has 0 fully saturated rings. The Morgan fingerprint density at radius 3 is 2.74 bits per heavy atom. The zero-order chi connectivity index (χ0) is 14.0. The number of nitrogens with zero attached hydrogens (tertiary/aromatic N) is 1. The molecule has 0 saturated heterocycles. The van der Waals surface area contributed by atoms with Gasteiger partial charge >= 0.3 is 0 Å². The second-order valence-electron chi connectivity index (χ2n) is 3.95. The molecule has 19 heavy (non-hydrogen) atoms. The van der Waals surface area contributed by atoms with E-state index in [-0.39, 0.29) is 11.6 Å². The van der Waals surface area contributed by atoms with Gasteiger partial charge < -0.3 is 10.2 Å². The van der Waals surface area contributed by atoms with Crippen molar-refractivity contribution in [2.24, 2.45) is 5.73 Å². The smallest absolute Gasteiger partial charge is 0.276 e. The maximum absolute atomic E-state index is 12.3. The molecule has 0 spiro atoms. The summed E-state index contributed by atoms with van der Waals surface area (Å²) in [5, 5.41) is 1.83. The fourth-order valence-corrected chi connectivity index (χ4v) is 3.81. The lowest BCUT2D eigenvalue weighted by Gasteiger charge is -2.14. The molecule has 0 unspecified atom stereocenters. The lowest BCUT2D eigenvalue weighted by Crippen LogP contribution is -2.25. The van der Waals surface area contributed by atoms with Crippen LogP contribution < -0.4 is 5.73 Å². The number of hydrogen-bond donors (Lipinski definition) is 1. The third-order valence-corrected chi connectivity index (χ3v) is 5.76. The average molecular weight is 365 g/mol. The Hall–Kier alpha value is -0.670.